The minimum absolute atomic E-state index is 0.665. The van der Waals surface area contributed by atoms with Crippen LogP contribution in [0.4, 0.5) is 5.69 Å². The lowest BCUT2D eigenvalue weighted by Crippen LogP contribution is -2.15. The molecule has 0 aliphatic rings. The molecule has 0 aliphatic heterocycles. The number of hydrogen-bond acceptors (Lipinski definition) is 3. The molecule has 0 atom stereocenters. The number of benzene rings is 1. The van der Waals surface area contributed by atoms with Crippen molar-refractivity contribution in [3.8, 4) is 6.07 Å². The summed E-state index contributed by atoms with van der Waals surface area (Å²) in [4.78, 5) is 2.16. The summed E-state index contributed by atoms with van der Waals surface area (Å²) in [6, 6.07) is 10.0. The third-order valence-corrected chi connectivity index (χ3v) is 3.90. The zero-order valence-corrected chi connectivity index (χ0v) is 11.8. The van der Waals surface area contributed by atoms with Gasteiger partial charge in [-0.05, 0) is 56.5 Å². The van der Waals surface area contributed by atoms with E-state index in [1.807, 2.05) is 25.2 Å². The van der Waals surface area contributed by atoms with Crippen LogP contribution in [0, 0.1) is 11.3 Å². The van der Waals surface area contributed by atoms with E-state index in [4.69, 9.17) is 5.26 Å². The Hall–Kier alpha value is -1.31. The molecular formula is C13H11BrN2S. The van der Waals surface area contributed by atoms with Crippen molar-refractivity contribution in [1.29, 1.82) is 5.26 Å². The highest BCUT2D eigenvalue weighted by Gasteiger charge is 2.05. The maximum absolute atomic E-state index is 8.86. The van der Waals surface area contributed by atoms with Crippen LogP contribution in [0.2, 0.25) is 0 Å². The van der Waals surface area contributed by atoms with Gasteiger partial charge in [0.2, 0.25) is 0 Å². The summed E-state index contributed by atoms with van der Waals surface area (Å²) < 4.78 is 0.842. The van der Waals surface area contributed by atoms with Crippen molar-refractivity contribution in [2.24, 2.45) is 0 Å². The zero-order chi connectivity index (χ0) is 12.3. The molecule has 0 saturated carbocycles. The molecule has 2 rings (SSSR count). The Morgan fingerprint density at radius 3 is 2.82 bits per heavy atom. The summed E-state index contributed by atoms with van der Waals surface area (Å²) in [6.45, 7) is 0.877. The average molecular weight is 307 g/mol. The molecule has 1 heterocycles. The van der Waals surface area contributed by atoms with E-state index in [0.29, 0.717) is 5.56 Å². The van der Waals surface area contributed by atoms with Gasteiger partial charge in [-0.25, -0.2) is 0 Å². The first kappa shape index (κ1) is 12.2. The third kappa shape index (κ3) is 2.87. The van der Waals surface area contributed by atoms with Gasteiger partial charge in [0, 0.05) is 23.8 Å². The van der Waals surface area contributed by atoms with Crippen LogP contribution < -0.4 is 4.90 Å². The van der Waals surface area contributed by atoms with Crippen LogP contribution in [-0.2, 0) is 6.54 Å². The zero-order valence-electron chi connectivity index (χ0n) is 9.35. The van der Waals surface area contributed by atoms with Gasteiger partial charge in [-0.1, -0.05) is 0 Å². The Labute approximate surface area is 113 Å². The fraction of sp³-hybridized carbons (Fsp3) is 0.154. The first-order valence-corrected chi connectivity index (χ1v) is 6.86. The van der Waals surface area contributed by atoms with E-state index >= 15 is 0 Å². The Kier molecular flexibility index (Phi) is 3.82. The van der Waals surface area contributed by atoms with Crippen molar-refractivity contribution in [3.05, 3.63) is 50.6 Å². The summed E-state index contributed by atoms with van der Waals surface area (Å²) in [5, 5.41) is 13.1. The molecule has 2 nitrogen and oxygen atoms in total. The predicted octanol–water partition coefficient (Wildman–Crippen LogP) is 4.02. The maximum Gasteiger partial charge on any atom is 0.100 e. The van der Waals surface area contributed by atoms with Crippen LogP contribution in [-0.4, -0.2) is 7.05 Å². The molecule has 0 radical (unpaired) electrons. The molecule has 0 amide bonds. The number of anilines is 1. The molecule has 0 bridgehead atoms. The maximum atomic E-state index is 8.86. The monoisotopic (exact) mass is 306 g/mol. The Morgan fingerprint density at radius 2 is 2.24 bits per heavy atom. The first-order valence-electron chi connectivity index (χ1n) is 5.12. The molecular weight excluding hydrogens is 296 g/mol. The highest BCUT2D eigenvalue weighted by molar-refractivity contribution is 9.10. The molecule has 1 aromatic heterocycles. The van der Waals surface area contributed by atoms with E-state index in [2.05, 4.69) is 43.7 Å². The molecule has 0 fully saturated rings. The Morgan fingerprint density at radius 1 is 1.41 bits per heavy atom. The van der Waals surface area contributed by atoms with E-state index in [1.165, 1.54) is 5.56 Å². The Balaban J connectivity index is 2.17. The molecule has 4 heteroatoms. The van der Waals surface area contributed by atoms with Gasteiger partial charge in [-0.15, -0.1) is 0 Å². The van der Waals surface area contributed by atoms with E-state index in [1.54, 1.807) is 11.3 Å². The molecule has 0 spiro atoms. The van der Waals surface area contributed by atoms with Gasteiger partial charge in [-0.2, -0.15) is 16.6 Å². The summed E-state index contributed by atoms with van der Waals surface area (Å²) in [5.74, 6) is 0. The second-order valence-corrected chi connectivity index (χ2v) is 5.40. The van der Waals surface area contributed by atoms with Crippen LogP contribution in [0.15, 0.2) is 39.5 Å². The topological polar surface area (TPSA) is 27.0 Å². The number of hydrogen-bond donors (Lipinski definition) is 0. The van der Waals surface area contributed by atoms with Crippen molar-refractivity contribution in [1.82, 2.24) is 0 Å². The fourth-order valence-electron chi connectivity index (χ4n) is 1.58. The first-order chi connectivity index (χ1) is 8.20. The number of thiophene rings is 1. The fourth-order valence-corrected chi connectivity index (χ4v) is 2.70. The molecule has 17 heavy (non-hydrogen) atoms. The van der Waals surface area contributed by atoms with Crippen LogP contribution in [0.1, 0.15) is 11.1 Å². The van der Waals surface area contributed by atoms with Gasteiger partial charge in [0.05, 0.1) is 5.56 Å². The second kappa shape index (κ2) is 5.35. The van der Waals surface area contributed by atoms with Crippen molar-refractivity contribution in [3.63, 3.8) is 0 Å². The minimum Gasteiger partial charge on any atom is -0.370 e. The molecule has 0 unspecified atom stereocenters. The molecule has 0 N–H and O–H groups in total. The van der Waals surface area contributed by atoms with Crippen LogP contribution in [0.3, 0.4) is 0 Å². The normalized spacial score (nSPS) is 9.94. The number of nitrogens with zero attached hydrogens (tertiary/aromatic N) is 2. The second-order valence-electron chi connectivity index (χ2n) is 3.76. The molecule has 0 aliphatic carbocycles. The van der Waals surface area contributed by atoms with Gasteiger partial charge >= 0.3 is 0 Å². The molecule has 86 valence electrons. The van der Waals surface area contributed by atoms with Crippen molar-refractivity contribution in [2.75, 3.05) is 11.9 Å². The molecule has 0 saturated heterocycles. The smallest absolute Gasteiger partial charge is 0.100 e. The Bertz CT molecular complexity index is 543. The number of halogens is 1. The van der Waals surface area contributed by atoms with Gasteiger partial charge in [0.15, 0.2) is 0 Å². The van der Waals surface area contributed by atoms with Crippen LogP contribution in [0.25, 0.3) is 0 Å². The minimum atomic E-state index is 0.665. The SMILES string of the molecule is CN(Cc1ccsc1)c1ccc(C#N)c(Br)c1. The molecule has 2 aromatic rings. The van der Waals surface area contributed by atoms with E-state index < -0.39 is 0 Å². The summed E-state index contributed by atoms with van der Waals surface area (Å²) in [6.07, 6.45) is 0. The summed E-state index contributed by atoms with van der Waals surface area (Å²) in [7, 11) is 2.05. The average Bonchev–Trinajstić information content (AvgIpc) is 2.81. The standard InChI is InChI=1S/C13H11BrN2S/c1-16(8-10-4-5-17-9-10)12-3-2-11(7-15)13(14)6-12/h2-6,9H,8H2,1H3. The largest absolute Gasteiger partial charge is 0.370 e. The van der Waals surface area contributed by atoms with Gasteiger partial charge in [0.1, 0.15) is 6.07 Å². The lowest BCUT2D eigenvalue weighted by Gasteiger charge is -2.19. The highest BCUT2D eigenvalue weighted by atomic mass is 79.9. The van der Waals surface area contributed by atoms with Gasteiger partial charge in [0.25, 0.3) is 0 Å². The van der Waals surface area contributed by atoms with Crippen molar-refractivity contribution in [2.45, 2.75) is 6.54 Å². The van der Waals surface area contributed by atoms with E-state index in [0.717, 1.165) is 16.7 Å². The highest BCUT2D eigenvalue weighted by Crippen LogP contribution is 2.24. The third-order valence-electron chi connectivity index (χ3n) is 2.51. The number of rotatable bonds is 3. The van der Waals surface area contributed by atoms with E-state index in [-0.39, 0.29) is 0 Å². The van der Waals surface area contributed by atoms with Crippen LogP contribution in [0.5, 0.6) is 0 Å². The van der Waals surface area contributed by atoms with Gasteiger partial charge in [-0.3, -0.25) is 0 Å². The number of nitriles is 1. The molecule has 1 aromatic carbocycles. The van der Waals surface area contributed by atoms with Crippen LogP contribution >= 0.6 is 27.3 Å². The lowest BCUT2D eigenvalue weighted by atomic mass is 10.2. The van der Waals surface area contributed by atoms with Crippen molar-refractivity contribution >= 4 is 33.0 Å². The quantitative estimate of drug-likeness (QED) is 0.856. The lowest BCUT2D eigenvalue weighted by molar-refractivity contribution is 0.927. The summed E-state index contributed by atoms with van der Waals surface area (Å²) in [5.41, 5.74) is 3.07. The van der Waals surface area contributed by atoms with E-state index in [9.17, 15) is 0 Å². The predicted molar refractivity (Wildman–Crippen MR) is 75.3 cm³/mol. The van der Waals surface area contributed by atoms with Crippen molar-refractivity contribution < 1.29 is 0 Å². The van der Waals surface area contributed by atoms with Gasteiger partial charge < -0.3 is 4.90 Å². The summed E-state index contributed by atoms with van der Waals surface area (Å²) >= 11 is 5.11.